The van der Waals surface area contributed by atoms with Gasteiger partial charge in [-0.3, -0.25) is 0 Å². The van der Waals surface area contributed by atoms with E-state index in [0.29, 0.717) is 19.0 Å². The van der Waals surface area contributed by atoms with Gasteiger partial charge in [0.25, 0.3) is 0 Å². The summed E-state index contributed by atoms with van der Waals surface area (Å²) in [6.07, 6.45) is 5.02. The van der Waals surface area contributed by atoms with Gasteiger partial charge in [0.1, 0.15) is 6.26 Å². The van der Waals surface area contributed by atoms with Gasteiger partial charge in [-0.05, 0) is 6.07 Å². The molecule has 2 aromatic rings. The number of methoxy groups -OCH3 is 1. The molecule has 0 saturated carbocycles. The van der Waals surface area contributed by atoms with Crippen LogP contribution in [0, 0.1) is 0 Å². The largest absolute Gasteiger partial charge is 0.481 e. The quantitative estimate of drug-likeness (QED) is 0.822. The maximum Gasteiger partial charge on any atom is 0.217 e. The fourth-order valence-electron chi connectivity index (χ4n) is 1.40. The first-order valence-corrected chi connectivity index (χ1v) is 4.97. The van der Waals surface area contributed by atoms with Gasteiger partial charge < -0.3 is 14.6 Å². The summed E-state index contributed by atoms with van der Waals surface area (Å²) in [5, 5.41) is 6.89. The van der Waals surface area contributed by atoms with Crippen LogP contribution >= 0.6 is 0 Å². The van der Waals surface area contributed by atoms with Crippen LogP contribution < -0.4 is 10.1 Å². The van der Waals surface area contributed by atoms with E-state index in [1.54, 1.807) is 25.8 Å². The first kappa shape index (κ1) is 10.6. The Balaban J connectivity index is 1.89. The highest BCUT2D eigenvalue weighted by molar-refractivity contribution is 5.25. The van der Waals surface area contributed by atoms with Gasteiger partial charge in [-0.25, -0.2) is 4.98 Å². The van der Waals surface area contributed by atoms with Crippen molar-refractivity contribution < 1.29 is 9.26 Å². The molecule has 0 atom stereocenters. The monoisotopic (exact) mass is 219 g/mol. The summed E-state index contributed by atoms with van der Waals surface area (Å²) in [5.74, 6) is 0.653. The number of hydrogen-bond donors (Lipinski definition) is 1. The van der Waals surface area contributed by atoms with E-state index in [1.165, 1.54) is 0 Å². The van der Waals surface area contributed by atoms with Crippen molar-refractivity contribution >= 4 is 0 Å². The van der Waals surface area contributed by atoms with Gasteiger partial charge in [-0.15, -0.1) is 0 Å². The lowest BCUT2D eigenvalue weighted by Crippen LogP contribution is -2.13. The molecule has 2 heterocycles. The maximum absolute atomic E-state index is 5.15. The van der Waals surface area contributed by atoms with Crippen molar-refractivity contribution in [2.24, 2.45) is 0 Å². The third kappa shape index (κ3) is 2.58. The zero-order valence-electron chi connectivity index (χ0n) is 9.01. The van der Waals surface area contributed by atoms with Crippen LogP contribution in [0.15, 0.2) is 35.3 Å². The third-order valence-electron chi connectivity index (χ3n) is 2.17. The molecule has 0 saturated heterocycles. The van der Waals surface area contributed by atoms with E-state index in [-0.39, 0.29) is 0 Å². The number of rotatable bonds is 5. The summed E-state index contributed by atoms with van der Waals surface area (Å²) in [4.78, 5) is 4.12. The molecule has 0 aliphatic rings. The molecular weight excluding hydrogens is 206 g/mol. The van der Waals surface area contributed by atoms with E-state index in [0.717, 1.165) is 11.1 Å². The van der Waals surface area contributed by atoms with E-state index < -0.39 is 0 Å². The number of ether oxygens (including phenoxy) is 1. The van der Waals surface area contributed by atoms with Crippen LogP contribution in [-0.2, 0) is 13.1 Å². The molecule has 0 aromatic carbocycles. The van der Waals surface area contributed by atoms with Gasteiger partial charge in [0.15, 0.2) is 0 Å². The van der Waals surface area contributed by atoms with Crippen molar-refractivity contribution in [3.8, 4) is 5.88 Å². The van der Waals surface area contributed by atoms with Crippen LogP contribution in [0.3, 0.4) is 0 Å². The lowest BCUT2D eigenvalue weighted by molar-refractivity contribution is 0.390. The number of nitrogens with one attached hydrogen (secondary N) is 1. The minimum atomic E-state index is 0.653. The van der Waals surface area contributed by atoms with Crippen LogP contribution in [-0.4, -0.2) is 17.3 Å². The topological polar surface area (TPSA) is 60.2 Å². The highest BCUT2D eigenvalue weighted by atomic mass is 16.5. The molecule has 0 aliphatic heterocycles. The summed E-state index contributed by atoms with van der Waals surface area (Å²) >= 11 is 0. The fraction of sp³-hybridized carbons (Fsp3) is 0.273. The molecule has 0 radical (unpaired) electrons. The molecule has 0 spiro atoms. The van der Waals surface area contributed by atoms with Crippen LogP contribution in [0.1, 0.15) is 11.1 Å². The molecular formula is C11H13N3O2. The van der Waals surface area contributed by atoms with Gasteiger partial charge in [0.05, 0.1) is 13.3 Å². The number of aromatic nitrogens is 2. The molecule has 2 rings (SSSR count). The molecule has 2 aromatic heterocycles. The molecule has 0 unspecified atom stereocenters. The van der Waals surface area contributed by atoms with Gasteiger partial charge >= 0.3 is 0 Å². The van der Waals surface area contributed by atoms with E-state index >= 15 is 0 Å². The van der Waals surface area contributed by atoms with Gasteiger partial charge in [0, 0.05) is 30.4 Å². The molecule has 0 amide bonds. The Morgan fingerprint density at radius 2 is 2.38 bits per heavy atom. The zero-order valence-corrected chi connectivity index (χ0v) is 9.01. The highest BCUT2D eigenvalue weighted by Gasteiger charge is 2.02. The predicted octanol–water partition coefficient (Wildman–Crippen LogP) is 1.37. The minimum absolute atomic E-state index is 0.653. The Morgan fingerprint density at radius 3 is 3.12 bits per heavy atom. The van der Waals surface area contributed by atoms with Crippen molar-refractivity contribution in [2.75, 3.05) is 7.11 Å². The lowest BCUT2D eigenvalue weighted by Gasteiger charge is -2.07. The fourth-order valence-corrected chi connectivity index (χ4v) is 1.40. The molecule has 0 aliphatic carbocycles. The van der Waals surface area contributed by atoms with E-state index in [1.807, 2.05) is 12.1 Å². The van der Waals surface area contributed by atoms with Crippen molar-refractivity contribution in [3.05, 3.63) is 41.9 Å². The molecule has 0 fully saturated rings. The molecule has 0 bridgehead atoms. The summed E-state index contributed by atoms with van der Waals surface area (Å²) in [6.45, 7) is 1.41. The molecule has 5 nitrogen and oxygen atoms in total. The standard InChI is InChI=1S/C11H13N3O2/c1-15-11-10(3-2-4-13-11)7-12-5-9-6-14-16-8-9/h2-4,6,8,12H,5,7H2,1H3. The Kier molecular flexibility index (Phi) is 3.50. The van der Waals surface area contributed by atoms with Crippen molar-refractivity contribution in [1.29, 1.82) is 0 Å². The lowest BCUT2D eigenvalue weighted by atomic mass is 10.2. The minimum Gasteiger partial charge on any atom is -0.481 e. The Morgan fingerprint density at radius 1 is 1.44 bits per heavy atom. The maximum atomic E-state index is 5.15. The van der Waals surface area contributed by atoms with Gasteiger partial charge in [0.2, 0.25) is 5.88 Å². The Labute approximate surface area is 93.4 Å². The van der Waals surface area contributed by atoms with Crippen LogP contribution in [0.5, 0.6) is 5.88 Å². The van der Waals surface area contributed by atoms with E-state index in [9.17, 15) is 0 Å². The highest BCUT2D eigenvalue weighted by Crippen LogP contribution is 2.12. The third-order valence-corrected chi connectivity index (χ3v) is 2.17. The average Bonchev–Trinajstić information content (AvgIpc) is 2.83. The second kappa shape index (κ2) is 5.27. The summed E-state index contributed by atoms with van der Waals surface area (Å²) in [5.41, 5.74) is 2.05. The van der Waals surface area contributed by atoms with Gasteiger partial charge in [-0.2, -0.15) is 0 Å². The van der Waals surface area contributed by atoms with E-state index in [4.69, 9.17) is 9.26 Å². The smallest absolute Gasteiger partial charge is 0.217 e. The van der Waals surface area contributed by atoms with Crippen LogP contribution in [0.2, 0.25) is 0 Å². The second-order valence-corrected chi connectivity index (χ2v) is 3.31. The first-order valence-electron chi connectivity index (χ1n) is 4.97. The van der Waals surface area contributed by atoms with Crippen LogP contribution in [0.25, 0.3) is 0 Å². The number of hydrogen-bond acceptors (Lipinski definition) is 5. The normalized spacial score (nSPS) is 10.3. The Hall–Kier alpha value is -1.88. The van der Waals surface area contributed by atoms with Gasteiger partial charge in [-0.1, -0.05) is 11.2 Å². The average molecular weight is 219 g/mol. The van der Waals surface area contributed by atoms with E-state index in [2.05, 4.69) is 15.5 Å². The summed E-state index contributed by atoms with van der Waals surface area (Å²) < 4.78 is 9.89. The summed E-state index contributed by atoms with van der Waals surface area (Å²) in [7, 11) is 1.62. The molecule has 5 heteroatoms. The van der Waals surface area contributed by atoms with Crippen molar-refractivity contribution in [2.45, 2.75) is 13.1 Å². The second-order valence-electron chi connectivity index (χ2n) is 3.31. The van der Waals surface area contributed by atoms with Crippen molar-refractivity contribution in [3.63, 3.8) is 0 Å². The zero-order chi connectivity index (χ0) is 11.2. The molecule has 16 heavy (non-hydrogen) atoms. The predicted molar refractivity (Wildman–Crippen MR) is 57.8 cm³/mol. The van der Waals surface area contributed by atoms with Crippen molar-refractivity contribution in [1.82, 2.24) is 15.5 Å². The number of pyridine rings is 1. The Bertz CT molecular complexity index is 429. The first-order chi connectivity index (χ1) is 7.90. The van der Waals surface area contributed by atoms with Crippen LogP contribution in [0.4, 0.5) is 0 Å². The SMILES string of the molecule is COc1ncccc1CNCc1cnoc1. The summed E-state index contributed by atoms with van der Waals surface area (Å²) in [6, 6.07) is 3.87. The molecule has 1 N–H and O–H groups in total. The molecule has 84 valence electrons. The number of nitrogens with zero attached hydrogens (tertiary/aromatic N) is 2.